The molecule has 0 aliphatic heterocycles. The lowest BCUT2D eigenvalue weighted by atomic mass is 10.1. The first kappa shape index (κ1) is 27.9. The molecule has 8 nitrogen and oxygen atoms in total. The molecule has 0 bridgehead atoms. The molecule has 4 aromatic rings. The van der Waals surface area contributed by atoms with Crippen LogP contribution in [0.4, 0.5) is 11.4 Å². The van der Waals surface area contributed by atoms with Crippen LogP contribution in [-0.2, 0) is 4.79 Å². The number of amides is 2. The first-order chi connectivity index (χ1) is 19.3. The smallest absolute Gasteiger partial charge is 0.272 e. The Bertz CT molecular complexity index is 1610. The summed E-state index contributed by atoms with van der Waals surface area (Å²) in [5.74, 6) is -1.31. The molecule has 4 aromatic carbocycles. The van der Waals surface area contributed by atoms with E-state index in [1.165, 1.54) is 36.4 Å². The fraction of sp³-hybridized carbons (Fsp3) is 0. The van der Waals surface area contributed by atoms with E-state index in [1.54, 1.807) is 60.7 Å². The fourth-order valence-electron chi connectivity index (χ4n) is 3.60. The van der Waals surface area contributed by atoms with E-state index < -0.39 is 16.7 Å². The predicted molar refractivity (Wildman–Crippen MR) is 158 cm³/mol. The number of nitro benzene ring substituents is 1. The molecule has 0 heterocycles. The summed E-state index contributed by atoms with van der Waals surface area (Å²) in [7, 11) is 0. The lowest BCUT2D eigenvalue weighted by Gasteiger charge is -2.12. The summed E-state index contributed by atoms with van der Waals surface area (Å²) in [6, 6.07) is 27.8. The van der Waals surface area contributed by atoms with E-state index in [2.05, 4.69) is 26.6 Å². The van der Waals surface area contributed by atoms with Crippen molar-refractivity contribution in [2.45, 2.75) is 0 Å². The molecule has 0 saturated heterocycles. The third-order valence-corrected chi connectivity index (χ3v) is 6.14. The number of carbonyl (C=O) groups is 3. The van der Waals surface area contributed by atoms with Crippen molar-refractivity contribution in [2.24, 2.45) is 0 Å². The van der Waals surface area contributed by atoms with Gasteiger partial charge in [0.2, 0.25) is 0 Å². The number of hydrogen-bond acceptors (Lipinski definition) is 5. The van der Waals surface area contributed by atoms with Crippen LogP contribution < -0.4 is 10.6 Å². The van der Waals surface area contributed by atoms with Crippen molar-refractivity contribution in [3.63, 3.8) is 0 Å². The molecule has 2 N–H and O–H groups in total. The van der Waals surface area contributed by atoms with Gasteiger partial charge in [0.1, 0.15) is 5.70 Å². The van der Waals surface area contributed by atoms with Gasteiger partial charge in [0.25, 0.3) is 17.5 Å². The van der Waals surface area contributed by atoms with Crippen molar-refractivity contribution in [1.29, 1.82) is 0 Å². The molecule has 0 radical (unpaired) electrons. The number of hydrogen-bond donors (Lipinski definition) is 2. The normalized spacial score (nSPS) is 11.2. The van der Waals surface area contributed by atoms with Crippen LogP contribution in [0.1, 0.15) is 31.8 Å². The van der Waals surface area contributed by atoms with Gasteiger partial charge in [-0.3, -0.25) is 24.5 Å². The fourth-order valence-corrected chi connectivity index (χ4v) is 4.01. The number of allylic oxidation sites excluding steroid dienone is 1. The maximum atomic E-state index is 13.2. The minimum Gasteiger partial charge on any atom is -0.321 e. The number of nitrogens with zero attached hydrogens (tertiary/aromatic N) is 1. The number of anilines is 1. The summed E-state index contributed by atoms with van der Waals surface area (Å²) < 4.78 is 0.907. The van der Waals surface area contributed by atoms with Gasteiger partial charge < -0.3 is 10.6 Å². The lowest BCUT2D eigenvalue weighted by molar-refractivity contribution is -0.384. The highest BCUT2D eigenvalue weighted by Gasteiger charge is 2.16. The zero-order chi connectivity index (χ0) is 28.5. The van der Waals surface area contributed by atoms with Crippen molar-refractivity contribution in [2.75, 3.05) is 5.32 Å². The van der Waals surface area contributed by atoms with E-state index in [-0.39, 0.29) is 17.2 Å². The van der Waals surface area contributed by atoms with Crippen LogP contribution in [0.5, 0.6) is 0 Å². The van der Waals surface area contributed by atoms with E-state index in [1.807, 2.05) is 24.3 Å². The van der Waals surface area contributed by atoms with Crippen LogP contribution in [-0.4, -0.2) is 22.5 Å². The average Bonchev–Trinajstić information content (AvgIpc) is 2.96. The molecular formula is C31H22BrN3O5. The average molecular weight is 596 g/mol. The molecule has 40 heavy (non-hydrogen) atoms. The monoisotopic (exact) mass is 595 g/mol. The molecular weight excluding hydrogens is 574 g/mol. The maximum Gasteiger partial charge on any atom is 0.272 e. The zero-order valence-electron chi connectivity index (χ0n) is 20.9. The molecule has 0 saturated carbocycles. The Hall–Kier alpha value is -5.15. The van der Waals surface area contributed by atoms with Crippen LogP contribution in [0.25, 0.3) is 12.2 Å². The largest absolute Gasteiger partial charge is 0.321 e. The highest BCUT2D eigenvalue weighted by molar-refractivity contribution is 9.10. The molecule has 0 unspecified atom stereocenters. The van der Waals surface area contributed by atoms with Crippen molar-refractivity contribution < 1.29 is 19.3 Å². The van der Waals surface area contributed by atoms with Crippen molar-refractivity contribution >= 4 is 57.1 Å². The second kappa shape index (κ2) is 13.1. The number of carbonyl (C=O) groups excluding carboxylic acids is 3. The van der Waals surface area contributed by atoms with Crippen LogP contribution in [0.2, 0.25) is 0 Å². The molecule has 0 spiro atoms. The second-order valence-electron chi connectivity index (χ2n) is 8.51. The lowest BCUT2D eigenvalue weighted by Crippen LogP contribution is -2.30. The van der Waals surface area contributed by atoms with E-state index >= 15 is 0 Å². The predicted octanol–water partition coefficient (Wildman–Crippen LogP) is 6.66. The topological polar surface area (TPSA) is 118 Å². The van der Waals surface area contributed by atoms with Crippen LogP contribution in [0.3, 0.4) is 0 Å². The molecule has 9 heteroatoms. The zero-order valence-corrected chi connectivity index (χ0v) is 22.5. The summed E-state index contributed by atoms with van der Waals surface area (Å²) in [6.45, 7) is 0. The third kappa shape index (κ3) is 7.68. The summed E-state index contributed by atoms with van der Waals surface area (Å²) in [5.41, 5.74) is 2.37. The van der Waals surface area contributed by atoms with Gasteiger partial charge in [-0.05, 0) is 83.9 Å². The van der Waals surface area contributed by atoms with Gasteiger partial charge in [-0.2, -0.15) is 0 Å². The Morgan fingerprint density at radius 2 is 1.48 bits per heavy atom. The first-order valence-corrected chi connectivity index (χ1v) is 12.8. The molecule has 0 aliphatic carbocycles. The first-order valence-electron chi connectivity index (χ1n) is 12.0. The number of nitro groups is 1. The number of nitrogens with one attached hydrogen (secondary N) is 2. The second-order valence-corrected chi connectivity index (χ2v) is 9.43. The van der Waals surface area contributed by atoms with Crippen LogP contribution in [0.15, 0.2) is 119 Å². The third-order valence-electron chi connectivity index (χ3n) is 5.65. The van der Waals surface area contributed by atoms with Gasteiger partial charge in [0, 0.05) is 33.4 Å². The molecule has 0 aliphatic rings. The Balaban J connectivity index is 1.51. The quantitative estimate of drug-likeness (QED) is 0.0970. The van der Waals surface area contributed by atoms with Gasteiger partial charge in [-0.15, -0.1) is 0 Å². The van der Waals surface area contributed by atoms with Crippen LogP contribution >= 0.6 is 15.9 Å². The van der Waals surface area contributed by atoms with E-state index in [0.29, 0.717) is 22.4 Å². The van der Waals surface area contributed by atoms with Crippen molar-refractivity contribution in [3.8, 4) is 0 Å². The van der Waals surface area contributed by atoms with Gasteiger partial charge in [-0.1, -0.05) is 52.3 Å². The van der Waals surface area contributed by atoms with E-state index in [9.17, 15) is 24.5 Å². The Morgan fingerprint density at radius 1 is 0.775 bits per heavy atom. The van der Waals surface area contributed by atoms with E-state index in [4.69, 9.17) is 0 Å². The van der Waals surface area contributed by atoms with E-state index in [0.717, 1.165) is 10.0 Å². The van der Waals surface area contributed by atoms with Crippen LogP contribution in [0, 0.1) is 10.1 Å². The molecule has 0 aromatic heterocycles. The molecule has 0 fully saturated rings. The summed E-state index contributed by atoms with van der Waals surface area (Å²) in [6.07, 6.45) is 4.61. The number of ketones is 1. The minimum absolute atomic E-state index is 0.0696. The molecule has 4 rings (SSSR count). The number of benzene rings is 4. The standard InChI is InChI=1S/C31H22BrN3O5/c32-25-8-4-5-21(19-25)11-18-29(36)23-12-14-26(15-13-23)33-31(38)28(34-30(37)24-6-2-1-3-7-24)20-22-9-16-27(17-10-22)35(39)40/h1-20H,(H,33,38)(H,34,37)/b18-11+,28-20-. The van der Waals surface area contributed by atoms with Gasteiger partial charge in [0.05, 0.1) is 4.92 Å². The number of rotatable bonds is 9. The molecule has 198 valence electrons. The number of halogens is 1. The van der Waals surface area contributed by atoms with Gasteiger partial charge >= 0.3 is 0 Å². The molecule has 0 atom stereocenters. The maximum absolute atomic E-state index is 13.2. The number of non-ortho nitro benzene ring substituents is 1. The van der Waals surface area contributed by atoms with Gasteiger partial charge in [-0.25, -0.2) is 0 Å². The summed E-state index contributed by atoms with van der Waals surface area (Å²) in [5, 5.41) is 16.3. The SMILES string of the molecule is O=C(Nc1ccc(C(=O)/C=C/c2cccc(Br)c2)cc1)/C(=C/c1ccc([N+](=O)[O-])cc1)NC(=O)c1ccccc1. The summed E-state index contributed by atoms with van der Waals surface area (Å²) >= 11 is 3.40. The Labute approximate surface area is 238 Å². The minimum atomic E-state index is -0.615. The van der Waals surface area contributed by atoms with Crippen molar-refractivity contribution in [3.05, 3.63) is 152 Å². The highest BCUT2D eigenvalue weighted by atomic mass is 79.9. The summed E-state index contributed by atoms with van der Waals surface area (Å²) in [4.78, 5) is 49.0. The molecule has 2 amide bonds. The highest BCUT2D eigenvalue weighted by Crippen LogP contribution is 2.17. The van der Waals surface area contributed by atoms with Crippen molar-refractivity contribution in [1.82, 2.24) is 5.32 Å². The Kier molecular flexibility index (Phi) is 9.11. The van der Waals surface area contributed by atoms with Gasteiger partial charge in [0.15, 0.2) is 5.78 Å². The Morgan fingerprint density at radius 3 is 2.12 bits per heavy atom.